The molecule has 2 atom stereocenters. The summed E-state index contributed by atoms with van der Waals surface area (Å²) in [6, 6.07) is 42.5. The number of methoxy groups -OCH3 is 1. The first kappa shape index (κ1) is 37.7. The number of piperazine rings is 1. The lowest BCUT2D eigenvalue weighted by Crippen LogP contribution is -2.66. The SMILES string of the molecule is COc1ccc(CNC(=O)N(CC#N)N2CC(=O)N3[C@@H](Cc4ccc(NC(=O)c5cccc6ccccc56)cc4)C(=O)N(Cc4cccc5ccccc45)C[C@@H]32)cc1. The minimum atomic E-state index is -0.895. The summed E-state index contributed by atoms with van der Waals surface area (Å²) in [6.45, 7) is 0.0994. The van der Waals surface area contributed by atoms with E-state index in [1.54, 1.807) is 52.3 Å². The van der Waals surface area contributed by atoms with Crippen molar-refractivity contribution in [3.05, 3.63) is 156 Å². The van der Waals surface area contributed by atoms with E-state index in [4.69, 9.17) is 4.74 Å². The molecule has 0 radical (unpaired) electrons. The molecule has 2 aliphatic rings. The first-order valence-corrected chi connectivity index (χ1v) is 19.1. The van der Waals surface area contributed by atoms with Crippen molar-refractivity contribution in [2.24, 2.45) is 0 Å². The van der Waals surface area contributed by atoms with Gasteiger partial charge in [-0.3, -0.25) is 14.4 Å². The lowest BCUT2D eigenvalue weighted by atomic mass is 9.98. The molecule has 12 nitrogen and oxygen atoms in total. The highest BCUT2D eigenvalue weighted by molar-refractivity contribution is 6.13. The average molecular weight is 772 g/mol. The number of amides is 5. The van der Waals surface area contributed by atoms with Gasteiger partial charge in [0.15, 0.2) is 0 Å². The largest absolute Gasteiger partial charge is 0.497 e. The van der Waals surface area contributed by atoms with Gasteiger partial charge in [-0.1, -0.05) is 103 Å². The molecular formula is C46H41N7O5. The van der Waals surface area contributed by atoms with Crippen molar-refractivity contribution in [3.63, 3.8) is 0 Å². The maximum atomic E-state index is 14.6. The first-order chi connectivity index (χ1) is 28.3. The van der Waals surface area contributed by atoms with Crippen LogP contribution < -0.4 is 15.4 Å². The van der Waals surface area contributed by atoms with Crippen molar-refractivity contribution in [1.82, 2.24) is 25.1 Å². The van der Waals surface area contributed by atoms with Crippen molar-refractivity contribution in [2.45, 2.75) is 31.7 Å². The Bertz CT molecular complexity index is 2540. The number of benzene rings is 6. The highest BCUT2D eigenvalue weighted by atomic mass is 16.5. The summed E-state index contributed by atoms with van der Waals surface area (Å²) in [6.07, 6.45) is -0.523. The van der Waals surface area contributed by atoms with Crippen LogP contribution in [0.25, 0.3) is 21.5 Å². The van der Waals surface area contributed by atoms with Crippen LogP contribution in [0.15, 0.2) is 133 Å². The van der Waals surface area contributed by atoms with Crippen LogP contribution in [0.1, 0.15) is 27.0 Å². The maximum Gasteiger partial charge on any atom is 0.333 e. The highest BCUT2D eigenvalue weighted by Gasteiger charge is 2.52. The van der Waals surface area contributed by atoms with E-state index in [1.165, 1.54) is 5.01 Å². The van der Waals surface area contributed by atoms with Crippen molar-refractivity contribution < 1.29 is 23.9 Å². The smallest absolute Gasteiger partial charge is 0.333 e. The molecule has 2 heterocycles. The Morgan fingerprint density at radius 3 is 2.19 bits per heavy atom. The van der Waals surface area contributed by atoms with E-state index < -0.39 is 18.2 Å². The number of nitrogens with one attached hydrogen (secondary N) is 2. The van der Waals surface area contributed by atoms with Gasteiger partial charge in [0, 0.05) is 30.8 Å². The summed E-state index contributed by atoms with van der Waals surface area (Å²) in [5, 5.41) is 22.5. The molecule has 5 amide bonds. The number of ether oxygens (including phenoxy) is 1. The topological polar surface area (TPSA) is 138 Å². The summed E-state index contributed by atoms with van der Waals surface area (Å²) in [7, 11) is 1.58. The Kier molecular flexibility index (Phi) is 10.7. The zero-order valence-corrected chi connectivity index (χ0v) is 31.9. The van der Waals surface area contributed by atoms with Gasteiger partial charge in [0.05, 0.1) is 26.3 Å². The van der Waals surface area contributed by atoms with Crippen molar-refractivity contribution in [1.29, 1.82) is 5.26 Å². The Labute approximate surface area is 335 Å². The predicted octanol–water partition coefficient (Wildman–Crippen LogP) is 6.33. The molecule has 2 N–H and O–H groups in total. The minimum Gasteiger partial charge on any atom is -0.497 e. The zero-order valence-electron chi connectivity index (χ0n) is 31.9. The number of carbonyl (C=O) groups is 4. The summed E-state index contributed by atoms with van der Waals surface area (Å²) in [5.74, 6) is -0.0934. The Morgan fingerprint density at radius 1 is 0.810 bits per heavy atom. The zero-order chi connectivity index (χ0) is 40.2. The fourth-order valence-electron chi connectivity index (χ4n) is 7.95. The molecule has 2 aliphatic heterocycles. The van der Waals surface area contributed by atoms with Crippen molar-refractivity contribution in [2.75, 3.05) is 32.1 Å². The lowest BCUT2D eigenvalue weighted by Gasteiger charge is -2.46. The van der Waals surface area contributed by atoms with Crippen molar-refractivity contribution in [3.8, 4) is 11.8 Å². The summed E-state index contributed by atoms with van der Waals surface area (Å²) >= 11 is 0. The van der Waals surface area contributed by atoms with E-state index in [2.05, 4.69) is 16.7 Å². The number of carbonyl (C=O) groups excluding carboxylic acids is 4. The van der Waals surface area contributed by atoms with E-state index in [9.17, 15) is 24.4 Å². The quantitative estimate of drug-likeness (QED) is 0.147. The van der Waals surface area contributed by atoms with Gasteiger partial charge in [0.1, 0.15) is 24.5 Å². The second-order valence-corrected chi connectivity index (χ2v) is 14.4. The number of nitriles is 1. The second-order valence-electron chi connectivity index (χ2n) is 14.4. The molecule has 290 valence electrons. The number of fused-ring (bicyclic) bond motifs is 3. The van der Waals surface area contributed by atoms with Gasteiger partial charge < -0.3 is 25.2 Å². The number of hydrogen-bond acceptors (Lipinski definition) is 7. The van der Waals surface area contributed by atoms with Crippen LogP contribution >= 0.6 is 0 Å². The number of hydrazine groups is 1. The van der Waals surface area contributed by atoms with Crippen LogP contribution in [0.3, 0.4) is 0 Å². The van der Waals surface area contributed by atoms with E-state index in [1.807, 2.05) is 103 Å². The summed E-state index contributed by atoms with van der Waals surface area (Å²) < 4.78 is 5.24. The van der Waals surface area contributed by atoms with E-state index in [-0.39, 0.29) is 56.9 Å². The van der Waals surface area contributed by atoms with Crippen LogP contribution in [0.5, 0.6) is 5.75 Å². The molecule has 0 spiro atoms. The standard InChI is InChI=1S/C46H41N7O5/c1-58-37-22-18-32(19-23-37)27-48-46(57)51(25-24-47)52-30-43(54)53-41(45(56)50(29-42(52)53)28-35-12-6-10-33-8-2-4-13-38(33)35)26-31-16-20-36(21-17-31)49-44(55)40-15-7-11-34-9-3-5-14-39(34)40/h2-23,41-42H,25-30H2,1H3,(H,48,57)(H,49,55)/t41-,42+/m0/s1. The number of nitrogens with zero attached hydrogens (tertiary/aromatic N) is 5. The van der Waals surface area contributed by atoms with Gasteiger partial charge in [-0.2, -0.15) is 10.3 Å². The van der Waals surface area contributed by atoms with Crippen LogP contribution in [0.4, 0.5) is 10.5 Å². The number of anilines is 1. The fourth-order valence-corrected chi connectivity index (χ4v) is 7.95. The maximum absolute atomic E-state index is 14.6. The predicted molar refractivity (Wildman–Crippen MR) is 220 cm³/mol. The minimum absolute atomic E-state index is 0.122. The molecule has 8 rings (SSSR count). The van der Waals surface area contributed by atoms with Gasteiger partial charge in [0.2, 0.25) is 11.8 Å². The second kappa shape index (κ2) is 16.5. The van der Waals surface area contributed by atoms with Crippen LogP contribution in [0.2, 0.25) is 0 Å². The Morgan fingerprint density at radius 2 is 1.47 bits per heavy atom. The average Bonchev–Trinajstić information content (AvgIpc) is 3.58. The van der Waals surface area contributed by atoms with E-state index in [0.717, 1.165) is 38.2 Å². The lowest BCUT2D eigenvalue weighted by molar-refractivity contribution is -0.157. The molecule has 12 heteroatoms. The van der Waals surface area contributed by atoms with Gasteiger partial charge in [-0.05, 0) is 68.6 Å². The summed E-state index contributed by atoms with van der Waals surface area (Å²) in [5.41, 5.74) is 3.71. The Hall–Kier alpha value is -7.23. The fraction of sp³-hybridized carbons (Fsp3) is 0.196. The van der Waals surface area contributed by atoms with Gasteiger partial charge in [-0.25, -0.2) is 9.80 Å². The number of hydrogen-bond donors (Lipinski definition) is 2. The third-order valence-corrected chi connectivity index (χ3v) is 10.9. The molecule has 0 aliphatic carbocycles. The molecule has 0 aromatic heterocycles. The van der Waals surface area contributed by atoms with Crippen molar-refractivity contribution >= 4 is 51.0 Å². The Balaban J connectivity index is 1.06. The van der Waals surface area contributed by atoms with Crippen LogP contribution in [-0.4, -0.2) is 82.5 Å². The highest BCUT2D eigenvalue weighted by Crippen LogP contribution is 2.32. The molecule has 2 fully saturated rings. The normalized spacial score (nSPS) is 16.6. The van der Waals surface area contributed by atoms with Gasteiger partial charge in [-0.15, -0.1) is 0 Å². The number of rotatable bonds is 11. The molecular weight excluding hydrogens is 731 g/mol. The molecule has 0 unspecified atom stereocenters. The molecule has 6 aromatic rings. The van der Waals surface area contributed by atoms with E-state index >= 15 is 0 Å². The van der Waals surface area contributed by atoms with Crippen LogP contribution in [-0.2, 0) is 29.1 Å². The molecule has 0 bridgehead atoms. The molecule has 58 heavy (non-hydrogen) atoms. The van der Waals surface area contributed by atoms with E-state index in [0.29, 0.717) is 17.0 Å². The molecule has 6 aromatic carbocycles. The first-order valence-electron chi connectivity index (χ1n) is 19.1. The van der Waals surface area contributed by atoms with Gasteiger partial charge in [0.25, 0.3) is 5.91 Å². The molecule has 2 saturated heterocycles. The third-order valence-electron chi connectivity index (χ3n) is 10.9. The van der Waals surface area contributed by atoms with Gasteiger partial charge >= 0.3 is 6.03 Å². The van der Waals surface area contributed by atoms with Crippen LogP contribution in [0, 0.1) is 11.3 Å². The monoisotopic (exact) mass is 771 g/mol. The third kappa shape index (κ3) is 7.63. The number of urea groups is 1. The molecule has 0 saturated carbocycles. The summed E-state index contributed by atoms with van der Waals surface area (Å²) in [4.78, 5) is 59.0.